The average Bonchev–Trinajstić information content (AvgIpc) is 2.72. The van der Waals surface area contributed by atoms with Crippen LogP contribution in [-0.4, -0.2) is 0 Å². The molecule has 0 saturated carbocycles. The maximum atomic E-state index is 8.23. The summed E-state index contributed by atoms with van der Waals surface area (Å²) in [5.41, 5.74) is 0. The van der Waals surface area contributed by atoms with Crippen LogP contribution in [-0.2, 0) is 0 Å². The van der Waals surface area contributed by atoms with Crippen LogP contribution in [0.25, 0.3) is 0 Å². The first-order valence-corrected chi connectivity index (χ1v) is 10.1. The number of benzene rings is 3. The molecule has 0 amide bonds. The number of hydrogen-bond donors (Lipinski definition) is 0. The smallest absolute Gasteiger partial charge is 0.138 e. The first-order chi connectivity index (χ1) is 13.3. The Morgan fingerprint density at radius 1 is 0.400 bits per heavy atom. The second kappa shape index (κ2) is 22.3. The Kier molecular flexibility index (Phi) is 23.5. The second-order valence-electron chi connectivity index (χ2n) is 4.52. The van der Waals surface area contributed by atoms with Gasteiger partial charge in [-0.1, -0.05) is 54.6 Å². The SMILES string of the molecule is F.F.F.N#CSc1ccccc1.N#CSc1ccccc1.N#CSc1ccccc1. The molecule has 0 atom stereocenters. The van der Waals surface area contributed by atoms with E-state index in [2.05, 4.69) is 0 Å². The maximum Gasteiger partial charge on any atom is 0.138 e. The Hall–Kier alpha value is -3.03. The fourth-order valence-electron chi connectivity index (χ4n) is 1.62. The van der Waals surface area contributed by atoms with E-state index in [4.69, 9.17) is 15.8 Å². The van der Waals surface area contributed by atoms with Crippen molar-refractivity contribution in [2.45, 2.75) is 14.7 Å². The summed E-state index contributed by atoms with van der Waals surface area (Å²) in [5, 5.41) is 30.7. The van der Waals surface area contributed by atoms with Crippen molar-refractivity contribution in [2.75, 3.05) is 0 Å². The Morgan fingerprint density at radius 2 is 0.600 bits per heavy atom. The molecule has 0 aliphatic rings. The van der Waals surface area contributed by atoms with E-state index in [0.717, 1.165) is 14.7 Å². The van der Waals surface area contributed by atoms with E-state index in [0.29, 0.717) is 0 Å². The van der Waals surface area contributed by atoms with Crippen molar-refractivity contribution in [1.29, 1.82) is 15.8 Å². The van der Waals surface area contributed by atoms with Crippen molar-refractivity contribution in [3.05, 3.63) is 91.0 Å². The van der Waals surface area contributed by atoms with Gasteiger partial charge in [0.2, 0.25) is 0 Å². The third kappa shape index (κ3) is 16.0. The van der Waals surface area contributed by atoms with Crippen LogP contribution in [0.5, 0.6) is 0 Å². The zero-order valence-corrected chi connectivity index (χ0v) is 17.9. The van der Waals surface area contributed by atoms with E-state index in [-0.39, 0.29) is 14.1 Å². The van der Waals surface area contributed by atoms with Gasteiger partial charge in [0.1, 0.15) is 16.2 Å². The number of nitriles is 3. The lowest BCUT2D eigenvalue weighted by Crippen LogP contribution is -1.62. The van der Waals surface area contributed by atoms with E-state index in [1.807, 2.05) is 107 Å². The molecule has 30 heavy (non-hydrogen) atoms. The molecule has 0 aliphatic carbocycles. The number of hydrogen-bond acceptors (Lipinski definition) is 6. The molecule has 0 fully saturated rings. The van der Waals surface area contributed by atoms with Crippen LogP contribution in [0.1, 0.15) is 0 Å². The van der Waals surface area contributed by atoms with Crippen molar-refractivity contribution in [3.8, 4) is 16.2 Å². The predicted octanol–water partition coefficient (Wildman–Crippen LogP) is 7.24. The van der Waals surface area contributed by atoms with Crippen LogP contribution in [0, 0.1) is 32.0 Å². The molecular weight excluding hydrogens is 447 g/mol. The molecule has 0 saturated heterocycles. The van der Waals surface area contributed by atoms with Gasteiger partial charge in [-0.2, -0.15) is 15.8 Å². The molecule has 0 aliphatic heterocycles. The van der Waals surface area contributed by atoms with E-state index in [1.54, 1.807) is 0 Å². The summed E-state index contributed by atoms with van der Waals surface area (Å²) in [6.07, 6.45) is 0. The molecular formula is C21H18F3N3S3. The highest BCUT2D eigenvalue weighted by molar-refractivity contribution is 8.04. The summed E-state index contributed by atoms with van der Waals surface area (Å²) in [4.78, 5) is 3.00. The van der Waals surface area contributed by atoms with E-state index < -0.39 is 0 Å². The molecule has 156 valence electrons. The van der Waals surface area contributed by atoms with Gasteiger partial charge in [-0.05, 0) is 71.7 Å². The minimum absolute atomic E-state index is 0. The first kappa shape index (κ1) is 31.7. The standard InChI is InChI=1S/3C7H5NS.3FH/c3*8-6-9-7-4-2-1-3-5-7;;;/h3*1-5H;3*1H. The molecule has 0 N–H and O–H groups in total. The number of thioether (sulfide) groups is 3. The van der Waals surface area contributed by atoms with Gasteiger partial charge >= 0.3 is 0 Å². The van der Waals surface area contributed by atoms with E-state index in [1.165, 1.54) is 35.3 Å². The number of halogens is 3. The number of nitrogens with zero attached hydrogens (tertiary/aromatic N) is 3. The zero-order valence-electron chi connectivity index (χ0n) is 15.5. The van der Waals surface area contributed by atoms with Gasteiger partial charge in [-0.15, -0.1) is 0 Å². The van der Waals surface area contributed by atoms with E-state index in [9.17, 15) is 0 Å². The van der Waals surface area contributed by atoms with Gasteiger partial charge in [-0.3, -0.25) is 14.1 Å². The van der Waals surface area contributed by atoms with Gasteiger partial charge in [-0.25, -0.2) is 0 Å². The van der Waals surface area contributed by atoms with E-state index >= 15 is 0 Å². The molecule has 3 rings (SSSR count). The number of thiocyanates is 3. The lowest BCUT2D eigenvalue weighted by Gasteiger charge is -1.86. The molecule has 0 spiro atoms. The highest BCUT2D eigenvalue weighted by Crippen LogP contribution is 2.15. The molecule has 3 nitrogen and oxygen atoms in total. The summed E-state index contributed by atoms with van der Waals surface area (Å²) in [5.74, 6) is 0. The lowest BCUT2D eigenvalue weighted by atomic mass is 10.4. The monoisotopic (exact) mass is 465 g/mol. The molecule has 9 heteroatoms. The maximum absolute atomic E-state index is 8.23. The summed E-state index contributed by atoms with van der Waals surface area (Å²) >= 11 is 3.54. The van der Waals surface area contributed by atoms with Gasteiger partial charge in [0.05, 0.1) is 0 Å². The summed E-state index contributed by atoms with van der Waals surface area (Å²) < 4.78 is 0. The number of rotatable bonds is 3. The average molecular weight is 466 g/mol. The summed E-state index contributed by atoms with van der Waals surface area (Å²) in [7, 11) is 0. The molecule has 0 aromatic heterocycles. The topological polar surface area (TPSA) is 71.4 Å². The first-order valence-electron chi connectivity index (χ1n) is 7.63. The van der Waals surface area contributed by atoms with Crippen molar-refractivity contribution < 1.29 is 14.1 Å². The zero-order chi connectivity index (χ0) is 19.6. The van der Waals surface area contributed by atoms with Crippen molar-refractivity contribution in [2.24, 2.45) is 0 Å². The molecule has 0 bridgehead atoms. The Balaban J connectivity index is -0.000000347. The molecule has 0 heterocycles. The summed E-state index contributed by atoms with van der Waals surface area (Å²) in [6, 6.07) is 28.8. The molecule has 3 aromatic rings. The normalized spacial score (nSPS) is 7.50. The molecule has 0 radical (unpaired) electrons. The minimum atomic E-state index is 0. The van der Waals surface area contributed by atoms with Crippen molar-refractivity contribution >= 4 is 35.3 Å². The van der Waals surface area contributed by atoms with Gasteiger partial charge in [0.25, 0.3) is 0 Å². The van der Waals surface area contributed by atoms with Crippen LogP contribution in [0.2, 0.25) is 0 Å². The highest BCUT2D eigenvalue weighted by atomic mass is 32.2. The highest BCUT2D eigenvalue weighted by Gasteiger charge is 1.86. The van der Waals surface area contributed by atoms with Crippen LogP contribution in [0.4, 0.5) is 14.1 Å². The third-order valence-electron chi connectivity index (χ3n) is 2.72. The van der Waals surface area contributed by atoms with Crippen LogP contribution in [0.15, 0.2) is 106 Å². The second-order valence-corrected chi connectivity index (χ2v) is 7.09. The van der Waals surface area contributed by atoms with Crippen molar-refractivity contribution in [3.63, 3.8) is 0 Å². The van der Waals surface area contributed by atoms with Gasteiger partial charge in [0.15, 0.2) is 0 Å². The van der Waals surface area contributed by atoms with Crippen LogP contribution >= 0.6 is 35.3 Å². The lowest BCUT2D eigenvalue weighted by molar-refractivity contribution is 1.11. The van der Waals surface area contributed by atoms with Gasteiger partial charge < -0.3 is 0 Å². The Bertz CT molecular complexity index is 773. The Labute approximate surface area is 186 Å². The molecule has 3 aromatic carbocycles. The largest absolute Gasteiger partial charge is 0.269 e. The fraction of sp³-hybridized carbons (Fsp3) is 0. The van der Waals surface area contributed by atoms with Crippen LogP contribution in [0.3, 0.4) is 0 Å². The predicted molar refractivity (Wildman–Crippen MR) is 121 cm³/mol. The fourth-order valence-corrected chi connectivity index (χ4v) is 2.82. The Morgan fingerprint density at radius 3 is 0.767 bits per heavy atom. The quantitative estimate of drug-likeness (QED) is 0.300. The van der Waals surface area contributed by atoms with Crippen molar-refractivity contribution in [1.82, 2.24) is 0 Å². The van der Waals surface area contributed by atoms with Gasteiger partial charge in [0, 0.05) is 14.7 Å². The summed E-state index contributed by atoms with van der Waals surface area (Å²) in [6.45, 7) is 0. The minimum Gasteiger partial charge on any atom is -0.269 e. The van der Waals surface area contributed by atoms with Crippen LogP contribution < -0.4 is 0 Å². The third-order valence-corrected chi connectivity index (χ3v) is 4.52. The molecule has 0 unspecified atom stereocenters.